The van der Waals surface area contributed by atoms with Crippen molar-refractivity contribution in [1.82, 2.24) is 24.8 Å². The van der Waals surface area contributed by atoms with E-state index < -0.39 is 17.9 Å². The molecule has 0 aromatic carbocycles. The molecule has 3 aromatic heterocycles. The van der Waals surface area contributed by atoms with Crippen LogP contribution in [0.1, 0.15) is 49.1 Å². The van der Waals surface area contributed by atoms with Crippen LogP contribution in [-0.4, -0.2) is 71.7 Å². The van der Waals surface area contributed by atoms with Crippen molar-refractivity contribution in [2.75, 3.05) is 13.6 Å². The number of fused-ring (bicyclic) bond motifs is 8. The number of rotatable bonds is 1. The van der Waals surface area contributed by atoms with Crippen LogP contribution in [-0.2, 0) is 14.4 Å². The molecule has 8 bridgehead atoms. The van der Waals surface area contributed by atoms with Crippen LogP contribution in [0.25, 0.3) is 51.9 Å². The molecular weight excluding hydrogens is 550 g/mol. The molecule has 11 heteroatoms. The molecule has 11 nitrogen and oxygen atoms in total. The van der Waals surface area contributed by atoms with E-state index in [0.717, 1.165) is 77.7 Å². The van der Waals surface area contributed by atoms with Gasteiger partial charge in [-0.05, 0) is 84.6 Å². The van der Waals surface area contributed by atoms with E-state index in [2.05, 4.69) is 94.9 Å². The van der Waals surface area contributed by atoms with Crippen molar-refractivity contribution in [3.63, 3.8) is 0 Å². The highest BCUT2D eigenvalue weighted by Crippen LogP contribution is 2.29. The van der Waals surface area contributed by atoms with Gasteiger partial charge >= 0.3 is 0 Å². The average Bonchev–Trinajstić information content (AvgIpc) is 3.70. The summed E-state index contributed by atoms with van der Waals surface area (Å²) in [7, 11) is 2.08. The molecule has 5 N–H and O–H groups in total. The molecule has 43 heavy (non-hydrogen) atoms. The predicted molar refractivity (Wildman–Crippen MR) is 169 cm³/mol. The van der Waals surface area contributed by atoms with Crippen LogP contribution in [0.2, 0.25) is 0 Å². The molecule has 0 spiro atoms. The standard InChI is InChI=1S/C26H21N5.3C2H4O2/c1-31-12-10-17(11-13-31)26-24-8-6-22(29-24)15-20-4-2-18(27-20)14-19-3-5-21(28-19)16-23-7-9-25(26)30-23;3*1-2(3)4/h2-12,14-16,27,30H,13H2,1H3;3*1H3,(H,3,4). The normalized spacial score (nSPS) is 12.5. The lowest BCUT2D eigenvalue weighted by molar-refractivity contribution is -0.135. The molecule has 0 saturated heterocycles. The molecule has 0 aliphatic carbocycles. The molecule has 0 atom stereocenters. The zero-order valence-corrected chi connectivity index (χ0v) is 24.2. The van der Waals surface area contributed by atoms with Crippen molar-refractivity contribution < 1.29 is 29.7 Å². The second kappa shape index (κ2) is 14.8. The maximum Gasteiger partial charge on any atom is 0.300 e. The minimum absolute atomic E-state index is 0.833. The molecule has 3 aliphatic heterocycles. The highest BCUT2D eigenvalue weighted by Gasteiger charge is 2.13. The van der Waals surface area contributed by atoms with Gasteiger partial charge in [0.2, 0.25) is 0 Å². The Hall–Kier alpha value is -5.71. The maximum atomic E-state index is 9.00. The first-order valence-corrected chi connectivity index (χ1v) is 13.1. The molecule has 0 radical (unpaired) electrons. The van der Waals surface area contributed by atoms with E-state index in [1.807, 2.05) is 12.2 Å². The second-order valence-electron chi connectivity index (χ2n) is 9.53. The molecule has 0 saturated carbocycles. The Labute approximate surface area is 247 Å². The SMILES string of the molecule is CC(=O)O.CC(=O)O.CC(=O)O.CN1C=CC(c2c3nc(cc4ccc(cc5nc(cc6ccc2[nH]6)C=C5)[nH]4)C=C3)=CC1. The predicted octanol–water partition coefficient (Wildman–Crippen LogP) is 5.77. The summed E-state index contributed by atoms with van der Waals surface area (Å²) < 4.78 is 0. The van der Waals surface area contributed by atoms with Crippen LogP contribution in [0, 0.1) is 0 Å². The van der Waals surface area contributed by atoms with E-state index in [1.165, 1.54) is 5.57 Å². The van der Waals surface area contributed by atoms with E-state index in [0.29, 0.717) is 0 Å². The number of hydrogen-bond donors (Lipinski definition) is 5. The number of allylic oxidation sites excluding steroid dienone is 2. The van der Waals surface area contributed by atoms with Crippen LogP contribution in [0.4, 0.5) is 0 Å². The number of hydrogen-bond acceptors (Lipinski definition) is 6. The van der Waals surface area contributed by atoms with Crippen molar-refractivity contribution in [1.29, 1.82) is 0 Å². The van der Waals surface area contributed by atoms with Crippen molar-refractivity contribution in [3.05, 3.63) is 89.2 Å². The van der Waals surface area contributed by atoms with Gasteiger partial charge < -0.3 is 30.2 Å². The topological polar surface area (TPSA) is 172 Å². The number of carbonyl (C=O) groups is 3. The van der Waals surface area contributed by atoms with Crippen LogP contribution in [0.3, 0.4) is 0 Å². The lowest BCUT2D eigenvalue weighted by Gasteiger charge is -2.17. The molecule has 0 unspecified atom stereocenters. The molecule has 0 fully saturated rings. The number of aromatic amines is 2. The first-order valence-electron chi connectivity index (χ1n) is 13.1. The Morgan fingerprint density at radius 3 is 1.67 bits per heavy atom. The van der Waals surface area contributed by atoms with Crippen LogP contribution in [0.5, 0.6) is 0 Å². The van der Waals surface area contributed by atoms with Gasteiger partial charge in [-0.3, -0.25) is 14.4 Å². The fraction of sp³-hybridized carbons (Fsp3) is 0.156. The summed E-state index contributed by atoms with van der Waals surface area (Å²) in [5, 5.41) is 22.2. The van der Waals surface area contributed by atoms with E-state index in [1.54, 1.807) is 0 Å². The zero-order valence-electron chi connectivity index (χ0n) is 24.2. The summed E-state index contributed by atoms with van der Waals surface area (Å²) >= 11 is 0. The van der Waals surface area contributed by atoms with Gasteiger partial charge in [0.1, 0.15) is 0 Å². The smallest absolute Gasteiger partial charge is 0.300 e. The number of H-pyrrole nitrogens is 2. The lowest BCUT2D eigenvalue weighted by Crippen LogP contribution is -2.13. The first kappa shape index (κ1) is 31.8. The number of nitrogens with one attached hydrogen (secondary N) is 2. The van der Waals surface area contributed by atoms with Gasteiger partial charge in [0.15, 0.2) is 0 Å². The van der Waals surface area contributed by atoms with Gasteiger partial charge in [0.05, 0.1) is 22.8 Å². The Bertz CT molecular complexity index is 1750. The highest BCUT2D eigenvalue weighted by atomic mass is 16.4. The Kier molecular flexibility index (Phi) is 10.9. The van der Waals surface area contributed by atoms with Gasteiger partial charge in [0, 0.05) is 62.0 Å². The van der Waals surface area contributed by atoms with Crippen molar-refractivity contribution in [2.45, 2.75) is 20.8 Å². The van der Waals surface area contributed by atoms with E-state index in [9.17, 15) is 0 Å². The minimum atomic E-state index is -0.833. The number of aromatic nitrogens is 4. The van der Waals surface area contributed by atoms with Crippen LogP contribution < -0.4 is 0 Å². The Morgan fingerprint density at radius 1 is 0.698 bits per heavy atom. The zero-order chi connectivity index (χ0) is 31.5. The summed E-state index contributed by atoms with van der Waals surface area (Å²) in [6.45, 7) is 4.12. The fourth-order valence-corrected chi connectivity index (χ4v) is 4.08. The highest BCUT2D eigenvalue weighted by molar-refractivity contribution is 5.91. The number of aliphatic carboxylic acids is 3. The molecular formula is C32H33N5O6. The van der Waals surface area contributed by atoms with Crippen molar-refractivity contribution in [3.8, 4) is 0 Å². The molecule has 3 aromatic rings. The van der Waals surface area contributed by atoms with Gasteiger partial charge in [0.25, 0.3) is 17.9 Å². The van der Waals surface area contributed by atoms with E-state index in [-0.39, 0.29) is 0 Å². The molecule has 222 valence electrons. The van der Waals surface area contributed by atoms with Crippen molar-refractivity contribution >= 4 is 69.9 Å². The average molecular weight is 584 g/mol. The second-order valence-corrected chi connectivity index (χ2v) is 9.53. The van der Waals surface area contributed by atoms with E-state index >= 15 is 0 Å². The molecule has 6 heterocycles. The van der Waals surface area contributed by atoms with Crippen LogP contribution in [0.15, 0.2) is 60.8 Å². The van der Waals surface area contributed by atoms with Gasteiger partial charge in [-0.2, -0.15) is 0 Å². The van der Waals surface area contributed by atoms with Gasteiger partial charge in [-0.15, -0.1) is 0 Å². The molecule has 0 amide bonds. The van der Waals surface area contributed by atoms with E-state index in [4.69, 9.17) is 39.7 Å². The molecule has 6 rings (SSSR count). The number of carboxylic acid groups (broad SMARTS) is 3. The summed E-state index contributed by atoms with van der Waals surface area (Å²) in [6, 6.07) is 14.5. The van der Waals surface area contributed by atoms with Crippen molar-refractivity contribution in [2.24, 2.45) is 0 Å². The third kappa shape index (κ3) is 10.3. The maximum absolute atomic E-state index is 9.00. The largest absolute Gasteiger partial charge is 0.481 e. The summed E-state index contributed by atoms with van der Waals surface area (Å²) in [5.41, 5.74) is 10.1. The fourth-order valence-electron chi connectivity index (χ4n) is 4.08. The summed E-state index contributed by atoms with van der Waals surface area (Å²) in [4.78, 5) is 45.8. The van der Waals surface area contributed by atoms with Gasteiger partial charge in [-0.25, -0.2) is 9.97 Å². The van der Waals surface area contributed by atoms with Gasteiger partial charge in [-0.1, -0.05) is 6.08 Å². The number of carboxylic acids is 3. The lowest BCUT2D eigenvalue weighted by atomic mass is 10.0. The Morgan fingerprint density at radius 2 is 1.16 bits per heavy atom. The summed E-state index contributed by atoms with van der Waals surface area (Å²) in [5.74, 6) is -2.50. The third-order valence-electron chi connectivity index (χ3n) is 5.62. The number of nitrogens with zero attached hydrogens (tertiary/aromatic N) is 3. The quantitative estimate of drug-likeness (QED) is 0.164. The monoisotopic (exact) mass is 583 g/mol. The number of likely N-dealkylation sites (N-methyl/N-ethyl adjacent to an activating group) is 1. The molecule has 3 aliphatic rings. The first-order chi connectivity index (χ1) is 20.4. The minimum Gasteiger partial charge on any atom is -0.481 e. The third-order valence-corrected chi connectivity index (χ3v) is 5.62. The summed E-state index contributed by atoms with van der Waals surface area (Å²) in [6.07, 6.45) is 14.7. The Balaban J connectivity index is 0.000000363. The van der Waals surface area contributed by atoms with Crippen LogP contribution >= 0.6 is 0 Å².